The Morgan fingerprint density at radius 3 is 1.02 bits per heavy atom. The summed E-state index contributed by atoms with van der Waals surface area (Å²) in [6, 6.07) is 0.130. The van der Waals surface area contributed by atoms with Gasteiger partial charge in [0.15, 0.2) is 0 Å². The van der Waals surface area contributed by atoms with Crippen LogP contribution in [0.25, 0.3) is 0 Å². The van der Waals surface area contributed by atoms with Gasteiger partial charge in [0.25, 0.3) is 0 Å². The highest BCUT2D eigenvalue weighted by atomic mass is 35.5. The number of likely N-dealkylation sites (N-methyl/N-ethyl adjacent to an activating group) is 1. The number of rotatable bonds is 41. The molecule has 2 atom stereocenters. The molecule has 0 saturated heterocycles. The van der Waals surface area contributed by atoms with Gasteiger partial charge in [-0.05, 0) is 33.4 Å². The highest BCUT2D eigenvalue weighted by Crippen LogP contribution is 2.16. The van der Waals surface area contributed by atoms with Gasteiger partial charge in [-0.1, -0.05) is 206 Å². The smallest absolute Gasteiger partial charge is 0.0824 e. The van der Waals surface area contributed by atoms with Crippen LogP contribution in [0.3, 0.4) is 0 Å². The predicted octanol–water partition coefficient (Wildman–Crippen LogP) is 13.6. The molecular weight excluding hydrogens is 614 g/mol. The average Bonchev–Trinajstić information content (AvgIpc) is 3.07. The van der Waals surface area contributed by atoms with E-state index in [0.717, 1.165) is 32.5 Å². The Labute approximate surface area is 309 Å². The Kier molecular flexibility index (Phi) is 45.3. The lowest BCUT2D eigenvalue weighted by Crippen LogP contribution is -2.37. The molecule has 0 fully saturated rings. The van der Waals surface area contributed by atoms with Gasteiger partial charge in [-0.15, -0.1) is 12.4 Å². The first-order chi connectivity index (χ1) is 23.2. The zero-order valence-corrected chi connectivity index (χ0v) is 34.3. The summed E-state index contributed by atoms with van der Waals surface area (Å²) in [5.74, 6) is 0. The third-order valence-electron chi connectivity index (χ3n) is 10.3. The van der Waals surface area contributed by atoms with Gasteiger partial charge in [-0.3, -0.25) is 0 Å². The minimum absolute atomic E-state index is 0. The molecule has 292 valence electrons. The summed E-state index contributed by atoms with van der Waals surface area (Å²) in [6.07, 6.45) is 45.5. The molecule has 0 radical (unpaired) electrons. The maximum Gasteiger partial charge on any atom is 0.0824 e. The topological polar surface area (TPSA) is 41.9 Å². The SMILES string of the molecule is CCCCCCCCCCCCCCCCCCOCC(CC(CO)N(C)C)OCCCCCCCCCCCCCCCCCC.Cl. The number of ether oxygens (including phenoxy) is 2. The molecule has 0 rings (SSSR count). The van der Waals surface area contributed by atoms with Crippen molar-refractivity contribution in [1.82, 2.24) is 4.90 Å². The molecule has 2 unspecified atom stereocenters. The average molecular weight is 705 g/mol. The fourth-order valence-corrected chi connectivity index (χ4v) is 6.80. The molecule has 0 aromatic heterocycles. The highest BCUT2D eigenvalue weighted by molar-refractivity contribution is 5.85. The second-order valence-corrected chi connectivity index (χ2v) is 15.2. The summed E-state index contributed by atoms with van der Waals surface area (Å²) in [5, 5.41) is 9.86. The first-order valence-electron chi connectivity index (χ1n) is 21.6. The third kappa shape index (κ3) is 38.9. The molecule has 48 heavy (non-hydrogen) atoms. The van der Waals surface area contributed by atoms with E-state index < -0.39 is 0 Å². The van der Waals surface area contributed by atoms with E-state index in [9.17, 15) is 5.11 Å². The van der Waals surface area contributed by atoms with E-state index in [1.54, 1.807) is 0 Å². The van der Waals surface area contributed by atoms with Gasteiger partial charge in [-0.2, -0.15) is 0 Å². The molecule has 0 aliphatic rings. The predicted molar refractivity (Wildman–Crippen MR) is 216 cm³/mol. The molecule has 4 nitrogen and oxygen atoms in total. The molecule has 0 heterocycles. The summed E-state index contributed by atoms with van der Waals surface area (Å²) >= 11 is 0. The highest BCUT2D eigenvalue weighted by Gasteiger charge is 2.18. The Hall–Kier alpha value is 0.130. The maximum absolute atomic E-state index is 9.86. The lowest BCUT2D eigenvalue weighted by atomic mass is 10.0. The largest absolute Gasteiger partial charge is 0.395 e. The van der Waals surface area contributed by atoms with E-state index in [2.05, 4.69) is 18.7 Å². The standard InChI is InChI=1S/C43H89NO3.ClH/c1-5-7-9-11-13-15-17-19-21-23-25-27-29-31-33-35-37-46-41-43(39-42(40-45)44(3)4)47-38-36-34-32-30-28-26-24-22-20-18-16-14-12-10-8-6-2;/h42-43,45H,5-41H2,1-4H3;1H. The zero-order chi connectivity index (χ0) is 34.3. The van der Waals surface area contributed by atoms with Crippen LogP contribution in [-0.2, 0) is 9.47 Å². The minimum Gasteiger partial charge on any atom is -0.395 e. The van der Waals surface area contributed by atoms with Gasteiger partial charge in [0.2, 0.25) is 0 Å². The van der Waals surface area contributed by atoms with Crippen molar-refractivity contribution in [2.24, 2.45) is 0 Å². The van der Waals surface area contributed by atoms with Crippen LogP contribution in [0.1, 0.15) is 226 Å². The van der Waals surface area contributed by atoms with Gasteiger partial charge in [0.1, 0.15) is 0 Å². The Bertz CT molecular complexity index is 564. The van der Waals surface area contributed by atoms with Crippen molar-refractivity contribution in [3.05, 3.63) is 0 Å². The first kappa shape index (κ1) is 50.2. The Balaban J connectivity index is 0. The van der Waals surface area contributed by atoms with Crippen molar-refractivity contribution in [2.75, 3.05) is 40.5 Å². The normalized spacial score (nSPS) is 12.9. The van der Waals surface area contributed by atoms with E-state index in [1.807, 2.05) is 14.1 Å². The quantitative estimate of drug-likeness (QED) is 0.0644. The van der Waals surface area contributed by atoms with Crippen molar-refractivity contribution >= 4 is 12.4 Å². The van der Waals surface area contributed by atoms with E-state index in [1.165, 1.54) is 193 Å². The molecule has 0 aromatic rings. The van der Waals surface area contributed by atoms with Gasteiger partial charge in [0.05, 0.1) is 19.3 Å². The van der Waals surface area contributed by atoms with Crippen LogP contribution in [0, 0.1) is 0 Å². The van der Waals surface area contributed by atoms with Crippen LogP contribution in [0.15, 0.2) is 0 Å². The van der Waals surface area contributed by atoms with Crippen LogP contribution in [0.5, 0.6) is 0 Å². The number of halogens is 1. The van der Waals surface area contributed by atoms with E-state index in [4.69, 9.17) is 9.47 Å². The number of unbranched alkanes of at least 4 members (excludes halogenated alkanes) is 30. The summed E-state index contributed by atoms with van der Waals surface area (Å²) in [7, 11) is 4.09. The van der Waals surface area contributed by atoms with E-state index in [-0.39, 0.29) is 31.2 Å². The molecule has 0 saturated carbocycles. The second kappa shape index (κ2) is 43.3. The third-order valence-corrected chi connectivity index (χ3v) is 10.3. The number of aliphatic hydroxyl groups is 1. The van der Waals surface area contributed by atoms with Crippen LogP contribution >= 0.6 is 12.4 Å². The fourth-order valence-electron chi connectivity index (χ4n) is 6.80. The molecule has 0 amide bonds. The first-order valence-corrected chi connectivity index (χ1v) is 21.6. The van der Waals surface area contributed by atoms with Gasteiger partial charge in [-0.25, -0.2) is 0 Å². The molecule has 5 heteroatoms. The fraction of sp³-hybridized carbons (Fsp3) is 1.00. The zero-order valence-electron chi connectivity index (χ0n) is 33.4. The van der Waals surface area contributed by atoms with Gasteiger partial charge < -0.3 is 19.5 Å². The van der Waals surface area contributed by atoms with E-state index >= 15 is 0 Å². The Morgan fingerprint density at radius 2 is 0.729 bits per heavy atom. The van der Waals surface area contributed by atoms with Crippen molar-refractivity contribution in [3.8, 4) is 0 Å². The van der Waals surface area contributed by atoms with Crippen LogP contribution in [0.4, 0.5) is 0 Å². The van der Waals surface area contributed by atoms with Gasteiger partial charge in [0, 0.05) is 19.3 Å². The molecule has 0 aliphatic carbocycles. The number of aliphatic hydroxyl groups excluding tert-OH is 1. The lowest BCUT2D eigenvalue weighted by Gasteiger charge is -2.27. The minimum atomic E-state index is 0. The lowest BCUT2D eigenvalue weighted by molar-refractivity contribution is -0.0363. The molecule has 0 bridgehead atoms. The van der Waals surface area contributed by atoms with Crippen LogP contribution < -0.4 is 0 Å². The monoisotopic (exact) mass is 704 g/mol. The van der Waals surface area contributed by atoms with Crippen LogP contribution in [0.2, 0.25) is 0 Å². The van der Waals surface area contributed by atoms with Crippen LogP contribution in [-0.4, -0.2) is 62.7 Å². The number of hydrogen-bond donors (Lipinski definition) is 1. The molecule has 0 aromatic carbocycles. The van der Waals surface area contributed by atoms with E-state index in [0.29, 0.717) is 6.61 Å². The van der Waals surface area contributed by atoms with Crippen molar-refractivity contribution in [2.45, 2.75) is 238 Å². The summed E-state index contributed by atoms with van der Waals surface area (Å²) in [6.45, 7) is 7.07. The molecular formula is C43H90ClNO3. The molecule has 0 spiro atoms. The summed E-state index contributed by atoms with van der Waals surface area (Å²) in [4.78, 5) is 2.11. The molecule has 1 N–H and O–H groups in total. The van der Waals surface area contributed by atoms with Crippen molar-refractivity contribution < 1.29 is 14.6 Å². The summed E-state index contributed by atoms with van der Waals surface area (Å²) < 4.78 is 12.4. The molecule has 0 aliphatic heterocycles. The van der Waals surface area contributed by atoms with Crippen molar-refractivity contribution in [3.63, 3.8) is 0 Å². The maximum atomic E-state index is 9.86. The summed E-state index contributed by atoms with van der Waals surface area (Å²) in [5.41, 5.74) is 0. The number of hydrogen-bond acceptors (Lipinski definition) is 4. The Morgan fingerprint density at radius 1 is 0.438 bits per heavy atom. The van der Waals surface area contributed by atoms with Crippen molar-refractivity contribution in [1.29, 1.82) is 0 Å². The number of nitrogens with zero attached hydrogens (tertiary/aromatic N) is 1. The second-order valence-electron chi connectivity index (χ2n) is 15.2. The van der Waals surface area contributed by atoms with Gasteiger partial charge >= 0.3 is 0 Å².